The quantitative estimate of drug-likeness (QED) is 0.606. The summed E-state index contributed by atoms with van der Waals surface area (Å²) in [6, 6.07) is 1.39. The van der Waals surface area contributed by atoms with Crippen LogP contribution in [0.5, 0.6) is 0 Å². The van der Waals surface area contributed by atoms with Gasteiger partial charge in [0.15, 0.2) is 18.1 Å². The highest BCUT2D eigenvalue weighted by Crippen LogP contribution is 2.39. The molecule has 1 aliphatic rings. The van der Waals surface area contributed by atoms with E-state index in [-0.39, 0.29) is 5.82 Å². The molecule has 1 fully saturated rings. The number of hydrogen-bond donors (Lipinski definition) is 0. The van der Waals surface area contributed by atoms with E-state index >= 15 is 0 Å². The normalized spacial score (nSPS) is 23.9. The second-order valence-electron chi connectivity index (χ2n) is 6.17. The van der Waals surface area contributed by atoms with Crippen molar-refractivity contribution < 1.29 is 32.6 Å². The van der Waals surface area contributed by atoms with Crippen LogP contribution in [-0.2, 0) is 23.8 Å². The SMILES string of the molecule is CC(=O)OC[C@H]1O[C@@H](n2ccc(-n3cncn3)nc2=O)[C@H](OC(C)=O)[C@@H]1C(F)F. The third-order valence-electron chi connectivity index (χ3n) is 4.19. The predicted molar refractivity (Wildman–Crippen MR) is 89.0 cm³/mol. The first-order valence-corrected chi connectivity index (χ1v) is 8.46. The Kier molecular flexibility index (Phi) is 5.96. The first kappa shape index (κ1) is 20.5. The standard InChI is InChI=1S/C16H17F2N5O6/c1-8(24)27-5-10-12(14(17)18)13(28-9(2)25)15(29-10)22-4-3-11(21-16(22)26)23-7-19-6-20-23/h3-4,6-7,10,12-15H,5H2,1-2H3/t10-,12-,13-,15-/m1/s1. The van der Waals surface area contributed by atoms with E-state index in [1.165, 1.54) is 29.6 Å². The fourth-order valence-corrected chi connectivity index (χ4v) is 3.01. The second-order valence-corrected chi connectivity index (χ2v) is 6.17. The van der Waals surface area contributed by atoms with E-state index in [1.54, 1.807) is 0 Å². The van der Waals surface area contributed by atoms with Gasteiger partial charge in [0.1, 0.15) is 25.4 Å². The minimum atomic E-state index is -2.97. The molecule has 0 N–H and O–H groups in total. The largest absolute Gasteiger partial charge is 0.463 e. The number of nitrogens with zero attached hydrogens (tertiary/aromatic N) is 5. The highest BCUT2D eigenvalue weighted by molar-refractivity contribution is 5.66. The molecule has 0 saturated carbocycles. The number of aromatic nitrogens is 5. The second kappa shape index (κ2) is 8.43. The Morgan fingerprint density at radius 2 is 2.07 bits per heavy atom. The van der Waals surface area contributed by atoms with Crippen molar-refractivity contribution in [3.8, 4) is 5.82 Å². The van der Waals surface area contributed by atoms with Crippen LogP contribution in [0.4, 0.5) is 8.78 Å². The lowest BCUT2D eigenvalue weighted by Gasteiger charge is -2.23. The molecule has 0 aromatic carbocycles. The molecule has 29 heavy (non-hydrogen) atoms. The number of alkyl halides is 2. The number of rotatable bonds is 6. The fraction of sp³-hybridized carbons (Fsp3) is 0.500. The van der Waals surface area contributed by atoms with Crippen LogP contribution in [0.15, 0.2) is 29.7 Å². The zero-order chi connectivity index (χ0) is 21.1. The molecule has 0 bridgehead atoms. The summed E-state index contributed by atoms with van der Waals surface area (Å²) in [7, 11) is 0. The highest BCUT2D eigenvalue weighted by atomic mass is 19.3. The van der Waals surface area contributed by atoms with Gasteiger partial charge in [0, 0.05) is 20.0 Å². The van der Waals surface area contributed by atoms with Crippen molar-refractivity contribution in [3.05, 3.63) is 35.4 Å². The molecule has 1 aliphatic heterocycles. The average Bonchev–Trinajstić information content (AvgIpc) is 3.27. The van der Waals surface area contributed by atoms with Gasteiger partial charge in [0.05, 0.1) is 5.92 Å². The zero-order valence-electron chi connectivity index (χ0n) is 15.3. The average molecular weight is 413 g/mol. The molecular weight excluding hydrogens is 396 g/mol. The van der Waals surface area contributed by atoms with E-state index in [1.807, 2.05) is 0 Å². The molecule has 0 aliphatic carbocycles. The van der Waals surface area contributed by atoms with Crippen molar-refractivity contribution in [2.24, 2.45) is 5.92 Å². The summed E-state index contributed by atoms with van der Waals surface area (Å²) in [6.45, 7) is 1.68. The lowest BCUT2D eigenvalue weighted by atomic mass is 9.98. The van der Waals surface area contributed by atoms with E-state index < -0.39 is 55.0 Å². The number of halogens is 2. The van der Waals surface area contributed by atoms with E-state index in [4.69, 9.17) is 14.2 Å². The third kappa shape index (κ3) is 4.45. The minimum absolute atomic E-state index is 0.146. The van der Waals surface area contributed by atoms with Crippen LogP contribution in [0.1, 0.15) is 20.1 Å². The molecule has 156 valence electrons. The Bertz CT molecular complexity index is 934. The number of carbonyl (C=O) groups is 2. The summed E-state index contributed by atoms with van der Waals surface area (Å²) in [5.74, 6) is -2.99. The van der Waals surface area contributed by atoms with Gasteiger partial charge in [-0.2, -0.15) is 10.1 Å². The van der Waals surface area contributed by atoms with Gasteiger partial charge in [-0.15, -0.1) is 0 Å². The van der Waals surface area contributed by atoms with Crippen LogP contribution in [0.25, 0.3) is 5.82 Å². The molecule has 4 atom stereocenters. The number of esters is 2. The number of carbonyl (C=O) groups excluding carboxylic acids is 2. The Balaban J connectivity index is 1.95. The predicted octanol–water partition coefficient (Wildman–Crippen LogP) is 0.0975. The van der Waals surface area contributed by atoms with Gasteiger partial charge in [-0.3, -0.25) is 14.2 Å². The molecule has 3 rings (SSSR count). The van der Waals surface area contributed by atoms with Gasteiger partial charge < -0.3 is 14.2 Å². The molecular formula is C16H17F2N5O6. The summed E-state index contributed by atoms with van der Waals surface area (Å²) in [4.78, 5) is 42.6. The highest BCUT2D eigenvalue weighted by Gasteiger charge is 2.52. The molecule has 0 unspecified atom stereocenters. The van der Waals surface area contributed by atoms with Crippen LogP contribution >= 0.6 is 0 Å². The summed E-state index contributed by atoms with van der Waals surface area (Å²) in [6.07, 6.45) is -3.32. The zero-order valence-corrected chi connectivity index (χ0v) is 15.3. The lowest BCUT2D eigenvalue weighted by Crippen LogP contribution is -2.39. The maximum absolute atomic E-state index is 13.7. The first-order chi connectivity index (χ1) is 13.8. The van der Waals surface area contributed by atoms with Crippen LogP contribution in [0.2, 0.25) is 0 Å². The van der Waals surface area contributed by atoms with E-state index in [9.17, 15) is 23.2 Å². The monoisotopic (exact) mass is 413 g/mol. The summed E-state index contributed by atoms with van der Waals surface area (Å²) >= 11 is 0. The molecule has 1 saturated heterocycles. The molecule has 3 heterocycles. The maximum Gasteiger partial charge on any atom is 0.351 e. The van der Waals surface area contributed by atoms with Gasteiger partial charge in [0.25, 0.3) is 0 Å². The molecule has 2 aromatic heterocycles. The van der Waals surface area contributed by atoms with Gasteiger partial charge >= 0.3 is 17.6 Å². The minimum Gasteiger partial charge on any atom is -0.463 e. The molecule has 2 aromatic rings. The van der Waals surface area contributed by atoms with E-state index in [0.29, 0.717) is 0 Å². The van der Waals surface area contributed by atoms with Crippen LogP contribution in [0, 0.1) is 5.92 Å². The Morgan fingerprint density at radius 3 is 2.62 bits per heavy atom. The van der Waals surface area contributed by atoms with E-state index in [0.717, 1.165) is 18.4 Å². The molecule has 13 heteroatoms. The summed E-state index contributed by atoms with van der Waals surface area (Å²) < 4.78 is 45.0. The van der Waals surface area contributed by atoms with Crippen LogP contribution < -0.4 is 5.69 Å². The van der Waals surface area contributed by atoms with Crippen molar-refractivity contribution in [2.75, 3.05) is 6.61 Å². The van der Waals surface area contributed by atoms with Gasteiger partial charge in [-0.05, 0) is 6.07 Å². The molecule has 11 nitrogen and oxygen atoms in total. The smallest absolute Gasteiger partial charge is 0.351 e. The van der Waals surface area contributed by atoms with Crippen molar-refractivity contribution in [1.82, 2.24) is 24.3 Å². The van der Waals surface area contributed by atoms with Crippen molar-refractivity contribution in [1.29, 1.82) is 0 Å². The maximum atomic E-state index is 13.7. The fourth-order valence-electron chi connectivity index (χ4n) is 3.01. The summed E-state index contributed by atoms with van der Waals surface area (Å²) in [5.41, 5.74) is -0.846. The Hall–Kier alpha value is -3.22. The van der Waals surface area contributed by atoms with Crippen molar-refractivity contribution in [2.45, 2.75) is 38.7 Å². The first-order valence-electron chi connectivity index (χ1n) is 8.46. The van der Waals surface area contributed by atoms with Crippen molar-refractivity contribution >= 4 is 11.9 Å². The molecule has 0 radical (unpaired) electrons. The van der Waals surface area contributed by atoms with Crippen LogP contribution in [-0.4, -0.2) is 61.5 Å². The Labute approximate surface area is 162 Å². The van der Waals surface area contributed by atoms with Gasteiger partial charge in [0.2, 0.25) is 6.43 Å². The van der Waals surface area contributed by atoms with Gasteiger partial charge in [-0.1, -0.05) is 0 Å². The Morgan fingerprint density at radius 1 is 1.31 bits per heavy atom. The van der Waals surface area contributed by atoms with Crippen LogP contribution in [0.3, 0.4) is 0 Å². The van der Waals surface area contributed by atoms with Gasteiger partial charge in [-0.25, -0.2) is 23.2 Å². The third-order valence-corrected chi connectivity index (χ3v) is 4.19. The summed E-state index contributed by atoms with van der Waals surface area (Å²) in [5, 5.41) is 3.84. The molecule has 0 spiro atoms. The lowest BCUT2D eigenvalue weighted by molar-refractivity contribution is -0.156. The topological polar surface area (TPSA) is 127 Å². The molecule has 0 amide bonds. The number of hydrogen-bond acceptors (Lipinski definition) is 9. The van der Waals surface area contributed by atoms with E-state index in [2.05, 4.69) is 15.1 Å². The van der Waals surface area contributed by atoms with Crippen molar-refractivity contribution in [3.63, 3.8) is 0 Å². The number of ether oxygens (including phenoxy) is 3.